The Labute approximate surface area is 149 Å². The highest BCUT2D eigenvalue weighted by atomic mass is 32.2. The predicted octanol–water partition coefficient (Wildman–Crippen LogP) is 2.97. The smallest absolute Gasteiger partial charge is 0.286 e. The van der Waals surface area contributed by atoms with Crippen LogP contribution in [-0.4, -0.2) is 46.5 Å². The van der Waals surface area contributed by atoms with Crippen LogP contribution in [-0.2, 0) is 9.59 Å². The van der Waals surface area contributed by atoms with Gasteiger partial charge in [-0.2, -0.15) is 4.99 Å². The molecule has 3 heterocycles. The Morgan fingerprint density at radius 2 is 2.12 bits per heavy atom. The van der Waals surface area contributed by atoms with Crippen molar-refractivity contribution in [2.75, 3.05) is 24.5 Å². The lowest BCUT2D eigenvalue weighted by Crippen LogP contribution is -2.33. The van der Waals surface area contributed by atoms with Gasteiger partial charge in [-0.3, -0.25) is 14.5 Å². The molecule has 2 amide bonds. The lowest BCUT2D eigenvalue weighted by molar-refractivity contribution is -0.116. The van der Waals surface area contributed by atoms with Crippen LogP contribution in [0, 0.1) is 0 Å². The van der Waals surface area contributed by atoms with Crippen molar-refractivity contribution >= 4 is 51.3 Å². The lowest BCUT2D eigenvalue weighted by Gasteiger charge is -2.27. The highest BCUT2D eigenvalue weighted by molar-refractivity contribution is 8.18. The molecule has 0 radical (unpaired) electrons. The van der Waals surface area contributed by atoms with E-state index in [1.165, 1.54) is 36.4 Å². The molecule has 3 rings (SSSR count). The summed E-state index contributed by atoms with van der Waals surface area (Å²) in [6.07, 6.45) is 5.32. The van der Waals surface area contributed by atoms with E-state index in [1.54, 1.807) is 11.0 Å². The molecule has 2 aliphatic heterocycles. The molecule has 1 aromatic rings. The summed E-state index contributed by atoms with van der Waals surface area (Å²) in [5.41, 5.74) is 0.695. The number of piperidine rings is 1. The standard InChI is InChI=1S/C16H20N4O2S2/c1-3-20(11(2)21)16-17-12(10-23-16)9-13-14(22)18-15(24-13)19-7-5-4-6-8-19/h9-10H,3-8H2,1-2H3/b13-9-. The third-order valence-electron chi connectivity index (χ3n) is 3.95. The number of likely N-dealkylation sites (tertiary alicyclic amines) is 1. The first-order chi connectivity index (χ1) is 11.6. The van der Waals surface area contributed by atoms with Crippen molar-refractivity contribution in [2.45, 2.75) is 33.1 Å². The molecule has 128 valence electrons. The number of carbonyl (C=O) groups is 2. The van der Waals surface area contributed by atoms with Crippen molar-refractivity contribution in [2.24, 2.45) is 4.99 Å². The lowest BCUT2D eigenvalue weighted by atomic mass is 10.1. The highest BCUT2D eigenvalue weighted by Crippen LogP contribution is 2.32. The van der Waals surface area contributed by atoms with Crippen LogP contribution in [0.5, 0.6) is 0 Å². The summed E-state index contributed by atoms with van der Waals surface area (Å²) in [5, 5.41) is 3.32. The number of nitrogens with zero attached hydrogens (tertiary/aromatic N) is 4. The Kier molecular flexibility index (Phi) is 5.35. The van der Waals surface area contributed by atoms with Crippen molar-refractivity contribution in [1.82, 2.24) is 9.88 Å². The normalized spacial score (nSPS) is 19.8. The third kappa shape index (κ3) is 3.70. The first-order valence-corrected chi connectivity index (χ1v) is 9.79. The van der Waals surface area contributed by atoms with E-state index in [1.807, 2.05) is 12.3 Å². The fourth-order valence-corrected chi connectivity index (χ4v) is 4.55. The van der Waals surface area contributed by atoms with Crippen molar-refractivity contribution in [3.05, 3.63) is 16.0 Å². The molecule has 2 aliphatic rings. The van der Waals surface area contributed by atoms with Gasteiger partial charge in [0.2, 0.25) is 5.91 Å². The minimum absolute atomic E-state index is 0.0342. The van der Waals surface area contributed by atoms with Crippen molar-refractivity contribution < 1.29 is 9.59 Å². The minimum atomic E-state index is -0.200. The molecule has 0 spiro atoms. The Hall–Kier alpha value is -1.67. The van der Waals surface area contributed by atoms with Crippen LogP contribution in [0.3, 0.4) is 0 Å². The highest BCUT2D eigenvalue weighted by Gasteiger charge is 2.27. The summed E-state index contributed by atoms with van der Waals surface area (Å²) < 4.78 is 0. The molecule has 8 heteroatoms. The Morgan fingerprint density at radius 3 is 2.79 bits per heavy atom. The zero-order chi connectivity index (χ0) is 17.1. The Bertz CT molecular complexity index is 705. The van der Waals surface area contributed by atoms with Crippen LogP contribution in [0.2, 0.25) is 0 Å². The molecule has 0 unspecified atom stereocenters. The summed E-state index contributed by atoms with van der Waals surface area (Å²) in [5.74, 6) is -0.234. The Morgan fingerprint density at radius 1 is 1.38 bits per heavy atom. The second kappa shape index (κ2) is 7.48. The number of amides is 2. The van der Waals surface area contributed by atoms with Crippen LogP contribution in [0.1, 0.15) is 38.8 Å². The summed E-state index contributed by atoms with van der Waals surface area (Å²) in [4.78, 5) is 36.8. The zero-order valence-electron chi connectivity index (χ0n) is 13.8. The van der Waals surface area contributed by atoms with Crippen LogP contribution in [0.4, 0.5) is 5.13 Å². The predicted molar refractivity (Wildman–Crippen MR) is 99.2 cm³/mol. The van der Waals surface area contributed by atoms with E-state index in [-0.39, 0.29) is 11.8 Å². The molecule has 0 aromatic carbocycles. The van der Waals surface area contributed by atoms with Gasteiger partial charge in [0.15, 0.2) is 10.3 Å². The molecule has 0 bridgehead atoms. The molecule has 0 N–H and O–H groups in total. The van der Waals surface area contributed by atoms with Crippen molar-refractivity contribution in [3.63, 3.8) is 0 Å². The SMILES string of the molecule is CCN(C(C)=O)c1nc(/C=C2\SC(N3CCCCC3)=NC2=O)cs1. The van der Waals surface area contributed by atoms with E-state index in [2.05, 4.69) is 14.9 Å². The second-order valence-electron chi connectivity index (χ2n) is 5.68. The third-order valence-corrected chi connectivity index (χ3v) is 5.88. The van der Waals surface area contributed by atoms with E-state index in [0.717, 1.165) is 31.1 Å². The summed E-state index contributed by atoms with van der Waals surface area (Å²) in [7, 11) is 0. The van der Waals surface area contributed by atoms with E-state index in [0.29, 0.717) is 22.3 Å². The van der Waals surface area contributed by atoms with Crippen molar-refractivity contribution in [1.29, 1.82) is 0 Å². The number of amidine groups is 1. The maximum atomic E-state index is 12.1. The maximum Gasteiger partial charge on any atom is 0.286 e. The van der Waals surface area contributed by atoms with Gasteiger partial charge in [-0.1, -0.05) is 0 Å². The molecular formula is C16H20N4O2S2. The van der Waals surface area contributed by atoms with Crippen LogP contribution < -0.4 is 4.90 Å². The Balaban J connectivity index is 1.72. The molecule has 0 aliphatic carbocycles. The molecule has 24 heavy (non-hydrogen) atoms. The van der Waals surface area contributed by atoms with Crippen LogP contribution >= 0.6 is 23.1 Å². The van der Waals surface area contributed by atoms with Gasteiger partial charge in [0.05, 0.1) is 10.6 Å². The van der Waals surface area contributed by atoms with Gasteiger partial charge in [-0.25, -0.2) is 4.98 Å². The van der Waals surface area contributed by atoms with Gasteiger partial charge in [-0.15, -0.1) is 11.3 Å². The average Bonchev–Trinajstić information content (AvgIpc) is 3.17. The van der Waals surface area contributed by atoms with E-state index in [9.17, 15) is 9.59 Å². The molecule has 1 aromatic heterocycles. The number of thiazole rings is 1. The monoisotopic (exact) mass is 364 g/mol. The maximum absolute atomic E-state index is 12.1. The molecule has 1 saturated heterocycles. The zero-order valence-corrected chi connectivity index (χ0v) is 15.5. The summed E-state index contributed by atoms with van der Waals surface area (Å²) in [6, 6.07) is 0. The number of aliphatic imine (C=N–C) groups is 1. The number of aromatic nitrogens is 1. The molecular weight excluding hydrogens is 344 g/mol. The van der Waals surface area contributed by atoms with E-state index in [4.69, 9.17) is 0 Å². The van der Waals surface area contributed by atoms with Gasteiger partial charge in [-0.05, 0) is 44.0 Å². The van der Waals surface area contributed by atoms with Gasteiger partial charge < -0.3 is 4.90 Å². The molecule has 6 nitrogen and oxygen atoms in total. The molecule has 0 saturated carbocycles. The van der Waals surface area contributed by atoms with Gasteiger partial charge >= 0.3 is 0 Å². The van der Waals surface area contributed by atoms with Gasteiger partial charge in [0.25, 0.3) is 5.91 Å². The average molecular weight is 364 g/mol. The molecule has 0 atom stereocenters. The first-order valence-electron chi connectivity index (χ1n) is 8.09. The van der Waals surface area contributed by atoms with Crippen LogP contribution in [0.15, 0.2) is 15.3 Å². The summed E-state index contributed by atoms with van der Waals surface area (Å²) >= 11 is 2.83. The minimum Gasteiger partial charge on any atom is -0.351 e. The topological polar surface area (TPSA) is 65.9 Å². The number of rotatable bonds is 3. The first kappa shape index (κ1) is 17.2. The van der Waals surface area contributed by atoms with E-state index >= 15 is 0 Å². The number of hydrogen-bond acceptors (Lipinski definition) is 6. The quantitative estimate of drug-likeness (QED) is 0.772. The summed E-state index contributed by atoms with van der Waals surface area (Å²) in [6.45, 7) is 5.96. The fourth-order valence-electron chi connectivity index (χ4n) is 2.71. The number of anilines is 1. The molecule has 1 fully saturated rings. The number of thioether (sulfide) groups is 1. The number of carbonyl (C=O) groups excluding carboxylic acids is 2. The second-order valence-corrected chi connectivity index (χ2v) is 7.52. The van der Waals surface area contributed by atoms with E-state index < -0.39 is 0 Å². The van der Waals surface area contributed by atoms with Crippen molar-refractivity contribution in [3.8, 4) is 0 Å². The fraction of sp³-hybridized carbons (Fsp3) is 0.500. The number of hydrogen-bond donors (Lipinski definition) is 0. The van der Waals surface area contributed by atoms with Crippen LogP contribution in [0.25, 0.3) is 6.08 Å². The van der Waals surface area contributed by atoms with Gasteiger partial charge in [0, 0.05) is 31.9 Å². The van der Waals surface area contributed by atoms with Gasteiger partial charge in [0.1, 0.15) is 0 Å². The largest absolute Gasteiger partial charge is 0.351 e.